The van der Waals surface area contributed by atoms with Crippen LogP contribution in [0.3, 0.4) is 0 Å². The van der Waals surface area contributed by atoms with Crippen LogP contribution in [0.25, 0.3) is 0 Å². The lowest BCUT2D eigenvalue weighted by atomic mass is 9.97. The van der Waals surface area contributed by atoms with Gasteiger partial charge < -0.3 is 5.32 Å². The minimum absolute atomic E-state index is 0.00806. The van der Waals surface area contributed by atoms with Crippen molar-refractivity contribution in [1.29, 1.82) is 0 Å². The third kappa shape index (κ3) is 5.75. The Morgan fingerprint density at radius 1 is 1.14 bits per heavy atom. The molecule has 1 fully saturated rings. The van der Waals surface area contributed by atoms with Crippen LogP contribution in [0.15, 0.2) is 29.2 Å². The van der Waals surface area contributed by atoms with Crippen LogP contribution in [0.4, 0.5) is 4.39 Å². The van der Waals surface area contributed by atoms with Gasteiger partial charge in [-0.05, 0) is 64.8 Å². The van der Waals surface area contributed by atoms with Crippen molar-refractivity contribution in [3.8, 4) is 0 Å². The molecule has 0 aromatic heterocycles. The molecule has 1 aliphatic heterocycles. The van der Waals surface area contributed by atoms with Gasteiger partial charge >= 0.3 is 0 Å². The molecule has 0 saturated carbocycles. The molecule has 1 aromatic carbocycles. The molecule has 1 aliphatic rings. The first-order chi connectivity index (χ1) is 13.1. The van der Waals surface area contributed by atoms with E-state index in [1.165, 1.54) is 16.4 Å². The SMILES string of the molecule is CC(C)N(CCNC(=O)C1CCN(S(=O)(=O)c2ccc(F)cc2)CC1)C(C)C. The molecule has 1 N–H and O–H groups in total. The van der Waals surface area contributed by atoms with Gasteiger partial charge in [0.15, 0.2) is 0 Å². The monoisotopic (exact) mass is 413 g/mol. The Morgan fingerprint density at radius 3 is 2.18 bits per heavy atom. The Balaban J connectivity index is 1.84. The van der Waals surface area contributed by atoms with Crippen molar-refractivity contribution in [3.05, 3.63) is 30.1 Å². The van der Waals surface area contributed by atoms with E-state index in [-0.39, 0.29) is 16.7 Å². The summed E-state index contributed by atoms with van der Waals surface area (Å²) >= 11 is 0. The summed E-state index contributed by atoms with van der Waals surface area (Å²) < 4.78 is 39.7. The van der Waals surface area contributed by atoms with E-state index in [0.29, 0.717) is 44.6 Å². The Hall–Kier alpha value is -1.51. The third-order valence-electron chi connectivity index (χ3n) is 5.27. The summed E-state index contributed by atoms with van der Waals surface area (Å²) in [6, 6.07) is 5.67. The van der Waals surface area contributed by atoms with Crippen molar-refractivity contribution in [2.75, 3.05) is 26.2 Å². The highest BCUT2D eigenvalue weighted by Crippen LogP contribution is 2.24. The summed E-state index contributed by atoms with van der Waals surface area (Å²) in [6.07, 6.45) is 0.981. The second-order valence-electron chi connectivity index (χ2n) is 7.85. The summed E-state index contributed by atoms with van der Waals surface area (Å²) in [5, 5.41) is 2.99. The first kappa shape index (κ1) is 22.8. The highest BCUT2D eigenvalue weighted by Gasteiger charge is 2.32. The second kappa shape index (κ2) is 9.80. The summed E-state index contributed by atoms with van der Waals surface area (Å²) in [5.41, 5.74) is 0. The molecule has 2 rings (SSSR count). The zero-order chi connectivity index (χ0) is 20.9. The van der Waals surface area contributed by atoms with E-state index in [9.17, 15) is 17.6 Å². The van der Waals surface area contributed by atoms with Crippen LogP contribution in [-0.4, -0.2) is 61.8 Å². The molecule has 28 heavy (non-hydrogen) atoms. The number of carbonyl (C=O) groups is 1. The highest BCUT2D eigenvalue weighted by molar-refractivity contribution is 7.89. The zero-order valence-electron chi connectivity index (χ0n) is 17.2. The topological polar surface area (TPSA) is 69.7 Å². The minimum atomic E-state index is -3.65. The van der Waals surface area contributed by atoms with Crippen LogP contribution in [0.1, 0.15) is 40.5 Å². The van der Waals surface area contributed by atoms with Crippen LogP contribution >= 0.6 is 0 Å². The molecule has 158 valence electrons. The molecule has 6 nitrogen and oxygen atoms in total. The Morgan fingerprint density at radius 2 is 1.68 bits per heavy atom. The number of nitrogens with one attached hydrogen (secondary N) is 1. The lowest BCUT2D eigenvalue weighted by molar-refractivity contribution is -0.126. The van der Waals surface area contributed by atoms with E-state index in [0.717, 1.165) is 18.7 Å². The van der Waals surface area contributed by atoms with Crippen LogP contribution in [-0.2, 0) is 14.8 Å². The number of amides is 1. The third-order valence-corrected chi connectivity index (χ3v) is 7.18. The van der Waals surface area contributed by atoms with Gasteiger partial charge in [-0.2, -0.15) is 4.31 Å². The van der Waals surface area contributed by atoms with Gasteiger partial charge in [-0.15, -0.1) is 0 Å². The fraction of sp³-hybridized carbons (Fsp3) is 0.650. The quantitative estimate of drug-likeness (QED) is 0.711. The van der Waals surface area contributed by atoms with Crippen molar-refractivity contribution in [3.63, 3.8) is 0 Å². The maximum absolute atomic E-state index is 13.0. The summed E-state index contributed by atoms with van der Waals surface area (Å²) in [6.45, 7) is 10.5. The molecule has 1 saturated heterocycles. The van der Waals surface area contributed by atoms with E-state index < -0.39 is 15.8 Å². The molecule has 1 aromatic rings. The summed E-state index contributed by atoms with van der Waals surface area (Å²) in [5.74, 6) is -0.652. The first-order valence-electron chi connectivity index (χ1n) is 9.92. The maximum atomic E-state index is 13.0. The molecule has 0 unspecified atom stereocenters. The molecule has 0 aliphatic carbocycles. The second-order valence-corrected chi connectivity index (χ2v) is 9.79. The predicted octanol–water partition coefficient (Wildman–Crippen LogP) is 2.46. The fourth-order valence-corrected chi connectivity index (χ4v) is 5.15. The number of halogens is 1. The Kier molecular flexibility index (Phi) is 7.97. The van der Waals surface area contributed by atoms with Crippen molar-refractivity contribution in [1.82, 2.24) is 14.5 Å². The Labute approximate surface area is 168 Å². The van der Waals surface area contributed by atoms with Crippen molar-refractivity contribution >= 4 is 15.9 Å². The number of carbonyl (C=O) groups excluding carboxylic acids is 1. The van der Waals surface area contributed by atoms with Crippen molar-refractivity contribution in [2.24, 2.45) is 5.92 Å². The lowest BCUT2D eigenvalue weighted by Crippen LogP contribution is -2.46. The van der Waals surface area contributed by atoms with Gasteiger partial charge in [0.1, 0.15) is 5.82 Å². The summed E-state index contributed by atoms with van der Waals surface area (Å²) in [7, 11) is -3.65. The highest BCUT2D eigenvalue weighted by atomic mass is 32.2. The van der Waals surface area contributed by atoms with E-state index >= 15 is 0 Å². The number of nitrogens with zero attached hydrogens (tertiary/aromatic N) is 2. The standard InChI is InChI=1S/C20H32FN3O3S/c1-15(2)24(16(3)4)14-11-22-20(25)17-9-12-23(13-10-17)28(26,27)19-7-5-18(21)6-8-19/h5-8,15-17H,9-14H2,1-4H3,(H,22,25). The van der Waals surface area contributed by atoms with Crippen LogP contribution in [0.5, 0.6) is 0 Å². The molecule has 1 amide bonds. The number of rotatable bonds is 8. The maximum Gasteiger partial charge on any atom is 0.243 e. The van der Waals surface area contributed by atoms with Crippen molar-refractivity contribution in [2.45, 2.75) is 57.5 Å². The van der Waals surface area contributed by atoms with Gasteiger partial charge in [0, 0.05) is 44.2 Å². The lowest BCUT2D eigenvalue weighted by Gasteiger charge is -2.32. The zero-order valence-corrected chi connectivity index (χ0v) is 18.0. The number of hydrogen-bond acceptors (Lipinski definition) is 4. The molecule has 8 heteroatoms. The number of piperidine rings is 1. The van der Waals surface area contributed by atoms with E-state index in [1.54, 1.807) is 0 Å². The van der Waals surface area contributed by atoms with Gasteiger partial charge in [0.05, 0.1) is 4.90 Å². The van der Waals surface area contributed by atoms with E-state index in [1.807, 2.05) is 0 Å². The van der Waals surface area contributed by atoms with Gasteiger partial charge in [-0.1, -0.05) is 0 Å². The number of hydrogen-bond donors (Lipinski definition) is 1. The van der Waals surface area contributed by atoms with Crippen LogP contribution in [0.2, 0.25) is 0 Å². The molecular weight excluding hydrogens is 381 g/mol. The van der Waals surface area contributed by atoms with Crippen molar-refractivity contribution < 1.29 is 17.6 Å². The minimum Gasteiger partial charge on any atom is -0.355 e. The summed E-state index contributed by atoms with van der Waals surface area (Å²) in [4.78, 5) is 14.8. The predicted molar refractivity (Wildman–Crippen MR) is 108 cm³/mol. The van der Waals surface area contributed by atoms with Gasteiger partial charge in [0.2, 0.25) is 15.9 Å². The Bertz CT molecular complexity index is 734. The van der Waals surface area contributed by atoms with Gasteiger partial charge in [-0.3, -0.25) is 9.69 Å². The largest absolute Gasteiger partial charge is 0.355 e. The van der Waals surface area contributed by atoms with Crippen LogP contribution < -0.4 is 5.32 Å². The van der Waals surface area contributed by atoms with Crippen LogP contribution in [0, 0.1) is 11.7 Å². The fourth-order valence-electron chi connectivity index (χ4n) is 3.68. The average Bonchev–Trinajstić information content (AvgIpc) is 2.65. The van der Waals surface area contributed by atoms with E-state index in [2.05, 4.69) is 37.9 Å². The average molecular weight is 414 g/mol. The molecule has 0 spiro atoms. The molecule has 0 atom stereocenters. The number of sulfonamides is 1. The smallest absolute Gasteiger partial charge is 0.243 e. The normalized spacial score (nSPS) is 16.9. The molecule has 0 radical (unpaired) electrons. The first-order valence-corrected chi connectivity index (χ1v) is 11.4. The number of benzene rings is 1. The van der Waals surface area contributed by atoms with E-state index in [4.69, 9.17) is 0 Å². The molecule has 1 heterocycles. The van der Waals surface area contributed by atoms with Gasteiger partial charge in [0.25, 0.3) is 0 Å². The molecular formula is C20H32FN3O3S. The van der Waals surface area contributed by atoms with Gasteiger partial charge in [-0.25, -0.2) is 12.8 Å². The molecule has 0 bridgehead atoms.